The van der Waals surface area contributed by atoms with E-state index in [0.29, 0.717) is 53.0 Å². The average molecular weight is 646 g/mol. The summed E-state index contributed by atoms with van der Waals surface area (Å²) in [6, 6.07) is 3.06. The molecule has 1 aliphatic carbocycles. The third-order valence-corrected chi connectivity index (χ3v) is 9.74. The van der Waals surface area contributed by atoms with E-state index in [1.165, 1.54) is 19.3 Å². The van der Waals surface area contributed by atoms with Crippen molar-refractivity contribution in [3.63, 3.8) is 0 Å². The fraction of sp³-hybridized carbons (Fsp3) is 0.515. The lowest BCUT2D eigenvalue weighted by molar-refractivity contribution is 0.149. The molecule has 5 heterocycles. The molecule has 4 aromatic rings. The van der Waals surface area contributed by atoms with Crippen LogP contribution in [-0.2, 0) is 6.54 Å². The number of nitrogens with one attached hydrogen (secondary N) is 1. The number of rotatable bonds is 7. The van der Waals surface area contributed by atoms with E-state index in [4.69, 9.17) is 32.5 Å². The molecule has 46 heavy (non-hydrogen) atoms. The van der Waals surface area contributed by atoms with Crippen molar-refractivity contribution in [2.24, 2.45) is 11.8 Å². The molecule has 2 fully saturated rings. The second kappa shape index (κ2) is 13.2. The maximum absolute atomic E-state index is 13.2. The van der Waals surface area contributed by atoms with Gasteiger partial charge in [-0.15, -0.1) is 6.42 Å². The van der Waals surface area contributed by atoms with Gasteiger partial charge in [-0.05, 0) is 50.7 Å². The standard InChI is InChI=1S/C33H40ClN9O3/c1-6-21-9-11-22(12-10-21)18-42-29-26(37-31(42)43-20(4)17-41(19-25(43)7-2)33(45)40(5)8-3)14-27(30-38-32(44)46-39-30)36-28(29)23-13-24(34)16-35-15-23/h2,13-16,20-22,25H,6,8-12,17-19H2,1,3-5H3,(H,38,39,44)/t20-,21?,22?,25-/m1/s1. The van der Waals surface area contributed by atoms with Gasteiger partial charge in [0.25, 0.3) is 0 Å². The number of halogens is 1. The van der Waals surface area contributed by atoms with Gasteiger partial charge in [-0.25, -0.2) is 19.6 Å². The number of imidazole rings is 1. The summed E-state index contributed by atoms with van der Waals surface area (Å²) in [5.41, 5.74) is 3.18. The minimum Gasteiger partial charge on any atom is -0.328 e. The molecule has 6 rings (SSSR count). The Morgan fingerprint density at radius 3 is 2.57 bits per heavy atom. The number of hydrogen-bond donors (Lipinski definition) is 1. The molecule has 1 N–H and O–H groups in total. The van der Waals surface area contributed by atoms with Crippen molar-refractivity contribution in [2.75, 3.05) is 31.6 Å². The first-order valence-electron chi connectivity index (χ1n) is 16.0. The summed E-state index contributed by atoms with van der Waals surface area (Å²) in [5, 5.41) is 4.36. The molecule has 0 bridgehead atoms. The molecule has 0 spiro atoms. The molecule has 242 valence electrons. The van der Waals surface area contributed by atoms with Gasteiger partial charge in [0.2, 0.25) is 11.8 Å². The minimum atomic E-state index is -0.677. The zero-order valence-electron chi connectivity index (χ0n) is 26.7. The van der Waals surface area contributed by atoms with Gasteiger partial charge in [-0.2, -0.15) is 0 Å². The number of nitrogens with zero attached hydrogens (tertiary/aromatic N) is 8. The SMILES string of the molecule is C#C[C@@H]1CN(C(=O)N(C)CC)C[C@@H](C)N1c1nc2cc(-c3noc(=O)[nH]3)nc(-c3cncc(Cl)c3)c2n1CC1CCC(CC)CC1. The molecule has 2 amide bonds. The van der Waals surface area contributed by atoms with Gasteiger partial charge >= 0.3 is 11.8 Å². The van der Waals surface area contributed by atoms with Crippen molar-refractivity contribution < 1.29 is 9.32 Å². The van der Waals surface area contributed by atoms with Gasteiger partial charge in [0.1, 0.15) is 11.7 Å². The number of pyridine rings is 2. The number of terminal acetylenes is 1. The number of H-pyrrole nitrogens is 1. The summed E-state index contributed by atoms with van der Waals surface area (Å²) in [7, 11) is 1.80. The number of carbonyl (C=O) groups is 1. The van der Waals surface area contributed by atoms with Crippen LogP contribution in [0.1, 0.15) is 52.9 Å². The molecule has 2 aliphatic rings. The number of anilines is 1. The number of aromatic amines is 1. The fourth-order valence-corrected chi connectivity index (χ4v) is 7.06. The summed E-state index contributed by atoms with van der Waals surface area (Å²) < 4.78 is 7.06. The summed E-state index contributed by atoms with van der Waals surface area (Å²) in [4.78, 5) is 47.9. The zero-order chi connectivity index (χ0) is 32.5. The fourth-order valence-electron chi connectivity index (χ4n) is 6.89. The predicted octanol–water partition coefficient (Wildman–Crippen LogP) is 5.29. The zero-order valence-corrected chi connectivity index (χ0v) is 27.5. The van der Waals surface area contributed by atoms with Crippen molar-refractivity contribution in [1.82, 2.24) is 39.5 Å². The molecular weight excluding hydrogens is 606 g/mol. The number of amides is 2. The van der Waals surface area contributed by atoms with Crippen molar-refractivity contribution in [3.05, 3.63) is 40.1 Å². The number of piperazine rings is 1. The van der Waals surface area contributed by atoms with Crippen molar-refractivity contribution >= 4 is 34.6 Å². The minimum absolute atomic E-state index is 0.0402. The smallest absolute Gasteiger partial charge is 0.328 e. The van der Waals surface area contributed by atoms with Crippen LogP contribution in [-0.4, -0.2) is 84.3 Å². The largest absolute Gasteiger partial charge is 0.439 e. The van der Waals surface area contributed by atoms with Crippen LogP contribution in [0, 0.1) is 24.2 Å². The quantitative estimate of drug-likeness (QED) is 0.269. The van der Waals surface area contributed by atoms with E-state index in [1.54, 1.807) is 24.3 Å². The van der Waals surface area contributed by atoms with Crippen LogP contribution in [0.5, 0.6) is 0 Å². The highest BCUT2D eigenvalue weighted by atomic mass is 35.5. The van der Waals surface area contributed by atoms with Gasteiger partial charge in [-0.3, -0.25) is 14.5 Å². The van der Waals surface area contributed by atoms with Crippen LogP contribution in [0.4, 0.5) is 10.7 Å². The molecule has 13 heteroatoms. The van der Waals surface area contributed by atoms with Crippen LogP contribution in [0.15, 0.2) is 33.8 Å². The summed E-state index contributed by atoms with van der Waals surface area (Å²) in [5.74, 6) is 4.40. The molecule has 12 nitrogen and oxygen atoms in total. The second-order valence-electron chi connectivity index (χ2n) is 12.5. The lowest BCUT2D eigenvalue weighted by atomic mass is 9.81. The Kier molecular flexibility index (Phi) is 9.04. The van der Waals surface area contributed by atoms with Crippen molar-refractivity contribution in [1.29, 1.82) is 0 Å². The summed E-state index contributed by atoms with van der Waals surface area (Å²) >= 11 is 6.43. The normalized spacial score (nSPS) is 21.8. The first kappa shape index (κ1) is 31.6. The number of hydrogen-bond acceptors (Lipinski definition) is 8. The first-order valence-corrected chi connectivity index (χ1v) is 16.4. The van der Waals surface area contributed by atoms with Gasteiger partial charge in [0.15, 0.2) is 0 Å². The molecule has 1 saturated heterocycles. The Balaban J connectivity index is 1.53. The van der Waals surface area contributed by atoms with E-state index in [1.807, 2.05) is 24.0 Å². The first-order chi connectivity index (χ1) is 22.2. The average Bonchev–Trinajstić information content (AvgIpc) is 3.66. The molecule has 0 radical (unpaired) electrons. The van der Waals surface area contributed by atoms with Crippen LogP contribution < -0.4 is 10.7 Å². The van der Waals surface area contributed by atoms with E-state index in [-0.39, 0.29) is 17.9 Å². The number of fused-ring (bicyclic) bond motifs is 1. The molecular formula is C33H40ClN9O3. The van der Waals surface area contributed by atoms with Gasteiger partial charge in [0, 0.05) is 50.7 Å². The Hall–Kier alpha value is -4.37. The molecule has 4 aromatic heterocycles. The van der Waals surface area contributed by atoms with Gasteiger partial charge in [0.05, 0.1) is 28.3 Å². The van der Waals surface area contributed by atoms with E-state index in [9.17, 15) is 9.59 Å². The Bertz CT molecular complexity index is 1820. The van der Waals surface area contributed by atoms with Crippen molar-refractivity contribution in [2.45, 2.75) is 71.5 Å². The maximum atomic E-state index is 13.2. The Morgan fingerprint density at radius 1 is 1.15 bits per heavy atom. The van der Waals surface area contributed by atoms with E-state index < -0.39 is 11.8 Å². The van der Waals surface area contributed by atoms with E-state index >= 15 is 0 Å². The molecule has 0 unspecified atom stereocenters. The predicted molar refractivity (Wildman–Crippen MR) is 177 cm³/mol. The van der Waals surface area contributed by atoms with Crippen LogP contribution in [0.3, 0.4) is 0 Å². The van der Waals surface area contributed by atoms with Crippen LogP contribution in [0.2, 0.25) is 5.02 Å². The van der Waals surface area contributed by atoms with Crippen LogP contribution in [0.25, 0.3) is 33.8 Å². The highest BCUT2D eigenvalue weighted by Gasteiger charge is 2.38. The Labute approximate surface area is 273 Å². The molecule has 1 saturated carbocycles. The van der Waals surface area contributed by atoms with Gasteiger partial charge in [-0.1, -0.05) is 48.9 Å². The van der Waals surface area contributed by atoms with E-state index in [0.717, 1.165) is 36.8 Å². The molecule has 1 aliphatic heterocycles. The number of aromatic nitrogens is 6. The number of carbonyl (C=O) groups excluding carboxylic acids is 1. The van der Waals surface area contributed by atoms with Crippen molar-refractivity contribution in [3.8, 4) is 35.1 Å². The highest BCUT2D eigenvalue weighted by Crippen LogP contribution is 2.39. The second-order valence-corrected chi connectivity index (χ2v) is 13.0. The van der Waals surface area contributed by atoms with Crippen LogP contribution >= 0.6 is 11.6 Å². The molecule has 0 aromatic carbocycles. The molecule has 2 atom stereocenters. The lowest BCUT2D eigenvalue weighted by Crippen LogP contribution is -2.61. The summed E-state index contributed by atoms with van der Waals surface area (Å²) in [6.45, 7) is 8.52. The number of urea groups is 1. The third-order valence-electron chi connectivity index (χ3n) is 9.53. The summed E-state index contributed by atoms with van der Waals surface area (Å²) in [6.07, 6.45) is 15.3. The third kappa shape index (κ3) is 6.08. The Morgan fingerprint density at radius 2 is 1.91 bits per heavy atom. The monoisotopic (exact) mass is 645 g/mol. The van der Waals surface area contributed by atoms with E-state index in [2.05, 4.69) is 44.4 Å². The lowest BCUT2D eigenvalue weighted by Gasteiger charge is -2.45. The van der Waals surface area contributed by atoms with Gasteiger partial charge < -0.3 is 19.3 Å². The maximum Gasteiger partial charge on any atom is 0.439 e. The highest BCUT2D eigenvalue weighted by molar-refractivity contribution is 6.30. The topological polar surface area (TPSA) is 129 Å².